The number of methoxy groups -OCH3 is 1. The van der Waals surface area contributed by atoms with Crippen molar-refractivity contribution >= 4 is 17.5 Å². The summed E-state index contributed by atoms with van der Waals surface area (Å²) in [6, 6.07) is 16.9. The maximum Gasteiger partial charge on any atom is 0.273 e. The summed E-state index contributed by atoms with van der Waals surface area (Å²) >= 11 is 5.93. The van der Waals surface area contributed by atoms with Gasteiger partial charge in [-0.1, -0.05) is 28.9 Å². The van der Waals surface area contributed by atoms with Crippen LogP contribution in [0.1, 0.15) is 34.9 Å². The van der Waals surface area contributed by atoms with Gasteiger partial charge in [0.05, 0.1) is 13.2 Å². The van der Waals surface area contributed by atoms with E-state index in [1.54, 1.807) is 25.3 Å². The van der Waals surface area contributed by atoms with E-state index in [0.717, 1.165) is 30.0 Å². The minimum absolute atomic E-state index is 0.0780. The highest BCUT2D eigenvalue weighted by Crippen LogP contribution is 2.27. The fourth-order valence-corrected chi connectivity index (χ4v) is 3.90. The smallest absolute Gasteiger partial charge is 0.273 e. The molecule has 0 radical (unpaired) electrons. The number of ether oxygens (including phenoxy) is 1. The van der Waals surface area contributed by atoms with Crippen LogP contribution in [0, 0.1) is 0 Å². The number of hydrogen-bond acceptors (Lipinski definition) is 5. The molecule has 1 aliphatic rings. The van der Waals surface area contributed by atoms with E-state index in [4.69, 9.17) is 20.9 Å². The second kappa shape index (κ2) is 9.32. The fourth-order valence-electron chi connectivity index (χ4n) is 3.77. The molecule has 2 aromatic carbocycles. The van der Waals surface area contributed by atoms with Crippen LogP contribution in [0.2, 0.25) is 5.02 Å². The van der Waals surface area contributed by atoms with Gasteiger partial charge < -0.3 is 14.6 Å². The van der Waals surface area contributed by atoms with E-state index >= 15 is 0 Å². The molecule has 0 spiro atoms. The lowest BCUT2D eigenvalue weighted by molar-refractivity contribution is 0.0929. The number of likely N-dealkylation sites (tertiary alicyclic amines) is 1. The Morgan fingerprint density at radius 3 is 2.70 bits per heavy atom. The van der Waals surface area contributed by atoms with Crippen LogP contribution in [0.15, 0.2) is 59.1 Å². The van der Waals surface area contributed by atoms with Gasteiger partial charge in [0.25, 0.3) is 5.91 Å². The number of hydrogen-bond donors (Lipinski definition) is 1. The molecule has 7 heteroatoms. The van der Waals surface area contributed by atoms with Crippen molar-refractivity contribution in [2.24, 2.45) is 0 Å². The van der Waals surface area contributed by atoms with E-state index in [-0.39, 0.29) is 17.6 Å². The number of halogens is 1. The van der Waals surface area contributed by atoms with Crippen LogP contribution >= 0.6 is 11.6 Å². The molecular weight excluding hydrogens is 402 g/mol. The van der Waals surface area contributed by atoms with E-state index in [1.807, 2.05) is 30.3 Å². The van der Waals surface area contributed by atoms with Gasteiger partial charge in [0.1, 0.15) is 5.75 Å². The summed E-state index contributed by atoms with van der Waals surface area (Å²) in [5.74, 6) is 1.08. The Morgan fingerprint density at radius 2 is 1.97 bits per heavy atom. The molecule has 1 saturated heterocycles. The molecule has 3 aromatic rings. The van der Waals surface area contributed by atoms with Crippen LogP contribution in [-0.4, -0.2) is 42.7 Å². The lowest BCUT2D eigenvalue weighted by Crippen LogP contribution is -2.36. The Balaban J connectivity index is 1.46. The largest absolute Gasteiger partial charge is 0.497 e. The molecule has 2 heterocycles. The molecule has 0 aliphatic carbocycles. The molecule has 30 heavy (non-hydrogen) atoms. The van der Waals surface area contributed by atoms with Crippen molar-refractivity contribution in [3.05, 3.63) is 70.9 Å². The zero-order valence-electron chi connectivity index (χ0n) is 16.8. The molecule has 1 amide bonds. The van der Waals surface area contributed by atoms with E-state index < -0.39 is 0 Å². The lowest BCUT2D eigenvalue weighted by Gasteiger charge is -2.28. The van der Waals surface area contributed by atoms with Crippen molar-refractivity contribution in [3.8, 4) is 17.1 Å². The highest BCUT2D eigenvalue weighted by molar-refractivity contribution is 6.30. The summed E-state index contributed by atoms with van der Waals surface area (Å²) in [4.78, 5) is 15.1. The number of aromatic nitrogens is 1. The fraction of sp³-hybridized carbons (Fsp3) is 0.304. The van der Waals surface area contributed by atoms with Crippen molar-refractivity contribution < 1.29 is 14.1 Å². The maximum absolute atomic E-state index is 12.7. The second-order valence-electron chi connectivity index (χ2n) is 7.33. The monoisotopic (exact) mass is 425 g/mol. The zero-order valence-corrected chi connectivity index (χ0v) is 17.6. The summed E-state index contributed by atoms with van der Waals surface area (Å²) in [6.45, 7) is 2.51. The van der Waals surface area contributed by atoms with Crippen molar-refractivity contribution in [1.29, 1.82) is 0 Å². The summed E-state index contributed by atoms with van der Waals surface area (Å²) in [7, 11) is 1.66. The van der Waals surface area contributed by atoms with Gasteiger partial charge in [0, 0.05) is 23.2 Å². The number of carbonyl (C=O) groups excluding carboxylic acids is 1. The average Bonchev–Trinajstić information content (AvgIpc) is 3.47. The molecule has 1 aliphatic heterocycles. The number of amides is 1. The minimum atomic E-state index is -0.258. The van der Waals surface area contributed by atoms with Crippen LogP contribution in [0.4, 0.5) is 0 Å². The molecule has 1 aromatic heterocycles. The predicted octanol–water partition coefficient (Wildman–Crippen LogP) is 4.57. The number of carbonyl (C=O) groups is 1. The Labute approximate surface area is 180 Å². The van der Waals surface area contributed by atoms with Crippen LogP contribution < -0.4 is 10.1 Å². The number of nitrogens with one attached hydrogen (secondary N) is 1. The third-order valence-corrected chi connectivity index (χ3v) is 5.64. The van der Waals surface area contributed by atoms with Gasteiger partial charge in [-0.15, -0.1) is 0 Å². The van der Waals surface area contributed by atoms with E-state index in [9.17, 15) is 4.79 Å². The van der Waals surface area contributed by atoms with Gasteiger partial charge in [-0.3, -0.25) is 9.69 Å². The van der Waals surface area contributed by atoms with Crippen LogP contribution in [-0.2, 0) is 0 Å². The molecule has 0 saturated carbocycles. The molecule has 6 nitrogen and oxygen atoms in total. The average molecular weight is 426 g/mol. The first-order chi connectivity index (χ1) is 14.6. The summed E-state index contributed by atoms with van der Waals surface area (Å²) in [6.07, 6.45) is 2.34. The van der Waals surface area contributed by atoms with Gasteiger partial charge in [-0.05, 0) is 67.9 Å². The second-order valence-corrected chi connectivity index (χ2v) is 7.77. The third-order valence-electron chi connectivity index (χ3n) is 5.39. The molecule has 156 valence electrons. The van der Waals surface area contributed by atoms with Crippen LogP contribution in [0.5, 0.6) is 5.75 Å². The van der Waals surface area contributed by atoms with Gasteiger partial charge in [-0.2, -0.15) is 0 Å². The molecule has 0 bridgehead atoms. The molecule has 1 N–H and O–H groups in total. The normalized spacial score (nSPS) is 15.1. The van der Waals surface area contributed by atoms with Gasteiger partial charge in [0.2, 0.25) is 0 Å². The highest BCUT2D eigenvalue weighted by Gasteiger charge is 2.25. The van der Waals surface area contributed by atoms with Crippen LogP contribution in [0.25, 0.3) is 11.3 Å². The molecule has 1 atom stereocenters. The maximum atomic E-state index is 12.7. The van der Waals surface area contributed by atoms with E-state index in [2.05, 4.69) is 21.4 Å². The minimum Gasteiger partial charge on any atom is -0.497 e. The highest BCUT2D eigenvalue weighted by atomic mass is 35.5. The lowest BCUT2D eigenvalue weighted by atomic mass is 10.0. The first-order valence-electron chi connectivity index (χ1n) is 10.0. The quantitative estimate of drug-likeness (QED) is 0.600. The first-order valence-corrected chi connectivity index (χ1v) is 10.4. The van der Waals surface area contributed by atoms with Gasteiger partial charge in [0.15, 0.2) is 11.5 Å². The predicted molar refractivity (Wildman–Crippen MR) is 116 cm³/mol. The summed E-state index contributed by atoms with van der Waals surface area (Å²) in [5, 5.41) is 7.60. The molecule has 4 rings (SSSR count). The van der Waals surface area contributed by atoms with Gasteiger partial charge >= 0.3 is 0 Å². The van der Waals surface area contributed by atoms with E-state index in [1.165, 1.54) is 12.8 Å². The number of rotatable bonds is 7. The molecular formula is C23H24ClN3O3. The Kier molecular flexibility index (Phi) is 6.35. The Hall–Kier alpha value is -2.83. The van der Waals surface area contributed by atoms with Crippen molar-refractivity contribution in [1.82, 2.24) is 15.4 Å². The van der Waals surface area contributed by atoms with E-state index in [0.29, 0.717) is 17.3 Å². The summed E-state index contributed by atoms with van der Waals surface area (Å²) in [5.41, 5.74) is 2.20. The Morgan fingerprint density at radius 1 is 1.20 bits per heavy atom. The molecule has 1 fully saturated rings. The van der Waals surface area contributed by atoms with Gasteiger partial charge in [-0.25, -0.2) is 0 Å². The Bertz CT molecular complexity index is 997. The van der Waals surface area contributed by atoms with Crippen molar-refractivity contribution in [2.45, 2.75) is 18.9 Å². The number of benzene rings is 2. The standard InChI is InChI=1S/C23H24ClN3O3/c1-29-19-6-4-5-17(13-19)21(27-11-2-3-12-27)15-25-23(28)20-14-22(30-26-20)16-7-9-18(24)10-8-16/h4-10,13-14,21H,2-3,11-12,15H2,1H3,(H,25,28)/t21-/m0/s1. The van der Waals surface area contributed by atoms with Crippen LogP contribution in [0.3, 0.4) is 0 Å². The number of nitrogens with zero attached hydrogens (tertiary/aromatic N) is 2. The zero-order chi connectivity index (χ0) is 20.9. The third kappa shape index (κ3) is 4.66. The first kappa shape index (κ1) is 20.4. The molecule has 0 unspecified atom stereocenters. The van der Waals surface area contributed by atoms with Crippen molar-refractivity contribution in [3.63, 3.8) is 0 Å². The SMILES string of the molecule is COc1cccc([C@H](CNC(=O)c2cc(-c3ccc(Cl)cc3)on2)N2CCCC2)c1. The summed E-state index contributed by atoms with van der Waals surface area (Å²) < 4.78 is 10.7. The van der Waals surface area contributed by atoms with Crippen molar-refractivity contribution in [2.75, 3.05) is 26.7 Å². The topological polar surface area (TPSA) is 67.6 Å².